The predicted octanol–water partition coefficient (Wildman–Crippen LogP) is 17.3. The van der Waals surface area contributed by atoms with E-state index in [1.165, 1.54) is 72.3 Å². The molecule has 0 aromatic heterocycles. The van der Waals surface area contributed by atoms with Crippen LogP contribution in [0.4, 0.5) is 17.1 Å². The van der Waals surface area contributed by atoms with Gasteiger partial charge in [0.05, 0.1) is 5.41 Å². The van der Waals surface area contributed by atoms with E-state index in [0.29, 0.717) is 0 Å². The lowest BCUT2D eigenvalue weighted by Crippen LogP contribution is -2.33. The Kier molecular flexibility index (Phi) is 9.50. The Morgan fingerprint density at radius 3 is 1.62 bits per heavy atom. The average Bonchev–Trinajstić information content (AvgIpc) is 3.92. The predicted molar refractivity (Wildman–Crippen MR) is 284 cm³/mol. The molecule has 0 saturated carbocycles. The van der Waals surface area contributed by atoms with Crippen molar-refractivity contribution < 1.29 is 4.74 Å². The van der Waals surface area contributed by atoms with Crippen molar-refractivity contribution in [3.05, 3.63) is 286 Å². The highest BCUT2D eigenvalue weighted by atomic mass is 16.5. The number of nitrogens with zero attached hydrogens (tertiary/aromatic N) is 1. The van der Waals surface area contributed by atoms with Crippen LogP contribution >= 0.6 is 0 Å². The first kappa shape index (κ1) is 41.5. The van der Waals surface area contributed by atoms with Gasteiger partial charge in [0.25, 0.3) is 0 Å². The molecule has 0 radical (unpaired) electrons. The fraction of sp³-hybridized carbons (Fsp3) is 0.121. The van der Waals surface area contributed by atoms with Crippen LogP contribution in [0.15, 0.2) is 236 Å². The molecule has 1 aliphatic heterocycles. The molecule has 3 aliphatic carbocycles. The fourth-order valence-corrected chi connectivity index (χ4v) is 12.5. The van der Waals surface area contributed by atoms with E-state index in [9.17, 15) is 0 Å². The van der Waals surface area contributed by atoms with Gasteiger partial charge in [0.1, 0.15) is 11.5 Å². The van der Waals surface area contributed by atoms with Crippen LogP contribution in [0.1, 0.15) is 84.7 Å². The van der Waals surface area contributed by atoms with E-state index in [0.717, 1.165) is 45.3 Å². The molecule has 2 atom stereocenters. The van der Waals surface area contributed by atoms with E-state index in [-0.39, 0.29) is 10.8 Å². The Labute approximate surface area is 401 Å². The van der Waals surface area contributed by atoms with E-state index in [4.69, 9.17) is 4.74 Å². The molecule has 2 nitrogen and oxygen atoms in total. The quantitative estimate of drug-likeness (QED) is 0.141. The smallest absolute Gasteiger partial charge is 0.132 e. The summed E-state index contributed by atoms with van der Waals surface area (Å²) in [5.74, 6) is 1.72. The summed E-state index contributed by atoms with van der Waals surface area (Å²) in [6.07, 6.45) is 13.1. The number of ether oxygens (including phenoxy) is 1. The Bertz CT molecular complexity index is 3480. The third kappa shape index (κ3) is 5.58. The second kappa shape index (κ2) is 15.6. The van der Waals surface area contributed by atoms with Gasteiger partial charge in [-0.05, 0) is 155 Å². The zero-order valence-electron chi connectivity index (χ0n) is 39.3. The molecule has 0 N–H and O–H groups in total. The molecule has 68 heavy (non-hydrogen) atoms. The van der Waals surface area contributed by atoms with Gasteiger partial charge in [0.2, 0.25) is 0 Å². The number of anilines is 3. The molecular formula is C66H53NO. The number of fused-ring (bicyclic) bond motifs is 12. The summed E-state index contributed by atoms with van der Waals surface area (Å²) in [6, 6.07) is 67.6. The Hall–Kier alpha value is -7.94. The lowest BCUT2D eigenvalue weighted by atomic mass is 9.65. The maximum absolute atomic E-state index is 6.75. The first-order valence-corrected chi connectivity index (χ1v) is 23.9. The number of allylic oxidation sites excluding steroid dienone is 9. The Morgan fingerprint density at radius 1 is 0.500 bits per heavy atom. The summed E-state index contributed by atoms with van der Waals surface area (Å²) >= 11 is 0. The van der Waals surface area contributed by atoms with E-state index in [2.05, 4.69) is 265 Å². The minimum absolute atomic E-state index is 0.347. The van der Waals surface area contributed by atoms with Crippen LogP contribution in [0, 0.1) is 0 Å². The van der Waals surface area contributed by atoms with Crippen molar-refractivity contribution in [1.29, 1.82) is 0 Å². The van der Waals surface area contributed by atoms with E-state index < -0.39 is 5.41 Å². The largest absolute Gasteiger partial charge is 0.457 e. The average molecular weight is 876 g/mol. The van der Waals surface area contributed by atoms with Gasteiger partial charge in [-0.3, -0.25) is 0 Å². The standard InChI is InChI=1S/C66H53NO/c1-7-10-23-43(4)64(5)55-28-16-14-26-49(55)51-37-34-45(40-59(51)64)67(46-35-38-52-50-27-15-17-29-56(50)65(6,60(52)41-46)44-24-12-11-13-25-44)47-36-39-53-48(22-8-2)54(9-3)66(61(53)42-47)57-30-18-20-32-62(57)68-63-33-21-19-31-58(63)66/h7-42H,3H2,1-2,4-6H3/b10-7-,22-8-,43-23+. The monoisotopic (exact) mass is 875 g/mol. The number of hydrogen-bond donors (Lipinski definition) is 0. The summed E-state index contributed by atoms with van der Waals surface area (Å²) in [7, 11) is 0. The highest BCUT2D eigenvalue weighted by Gasteiger charge is 2.52. The summed E-state index contributed by atoms with van der Waals surface area (Å²) in [5, 5.41) is 0. The third-order valence-electron chi connectivity index (χ3n) is 15.8. The molecule has 8 aromatic carbocycles. The van der Waals surface area contributed by atoms with Gasteiger partial charge in [0.15, 0.2) is 0 Å². The van der Waals surface area contributed by atoms with Crippen molar-refractivity contribution in [2.75, 3.05) is 4.90 Å². The second-order valence-corrected chi connectivity index (χ2v) is 19.0. The fourth-order valence-electron chi connectivity index (χ4n) is 12.5. The molecule has 0 amide bonds. The molecule has 2 unspecified atom stereocenters. The lowest BCUT2D eigenvalue weighted by molar-refractivity contribution is 0.436. The number of hydrogen-bond acceptors (Lipinski definition) is 2. The summed E-state index contributed by atoms with van der Waals surface area (Å²) < 4.78 is 6.75. The minimum atomic E-state index is -0.683. The highest BCUT2D eigenvalue weighted by Crippen LogP contribution is 2.63. The summed E-state index contributed by atoms with van der Waals surface area (Å²) in [5.41, 5.74) is 21.8. The zero-order chi connectivity index (χ0) is 46.4. The topological polar surface area (TPSA) is 12.5 Å². The van der Waals surface area contributed by atoms with Gasteiger partial charge >= 0.3 is 0 Å². The number of para-hydroxylation sites is 2. The van der Waals surface area contributed by atoms with Gasteiger partial charge in [-0.1, -0.05) is 182 Å². The van der Waals surface area contributed by atoms with Crippen molar-refractivity contribution in [1.82, 2.24) is 0 Å². The highest BCUT2D eigenvalue weighted by molar-refractivity contribution is 5.96. The van der Waals surface area contributed by atoms with Gasteiger partial charge in [-0.25, -0.2) is 0 Å². The minimum Gasteiger partial charge on any atom is -0.457 e. The molecule has 2 heteroatoms. The molecule has 1 heterocycles. The normalized spacial score (nSPS) is 19.0. The Balaban J connectivity index is 1.15. The van der Waals surface area contributed by atoms with E-state index in [1.54, 1.807) is 0 Å². The van der Waals surface area contributed by atoms with Crippen molar-refractivity contribution in [3.8, 4) is 33.8 Å². The van der Waals surface area contributed by atoms with Crippen molar-refractivity contribution >= 4 is 22.6 Å². The molecule has 0 saturated heterocycles. The Morgan fingerprint density at radius 2 is 1.00 bits per heavy atom. The number of benzene rings is 8. The van der Waals surface area contributed by atoms with Crippen LogP contribution in [0.3, 0.4) is 0 Å². The molecule has 0 fully saturated rings. The van der Waals surface area contributed by atoms with E-state index in [1.807, 2.05) is 0 Å². The van der Waals surface area contributed by atoms with Crippen LogP contribution in [0.25, 0.3) is 27.8 Å². The van der Waals surface area contributed by atoms with Gasteiger partial charge in [0, 0.05) is 39.0 Å². The second-order valence-electron chi connectivity index (χ2n) is 19.0. The maximum Gasteiger partial charge on any atom is 0.132 e. The van der Waals surface area contributed by atoms with Crippen LogP contribution in [-0.4, -0.2) is 0 Å². The number of rotatable bonds is 8. The van der Waals surface area contributed by atoms with Crippen LogP contribution in [-0.2, 0) is 16.2 Å². The van der Waals surface area contributed by atoms with Crippen molar-refractivity contribution in [3.63, 3.8) is 0 Å². The van der Waals surface area contributed by atoms with Crippen molar-refractivity contribution in [2.45, 2.75) is 50.9 Å². The van der Waals surface area contributed by atoms with Crippen molar-refractivity contribution in [2.24, 2.45) is 0 Å². The molecule has 0 bridgehead atoms. The van der Waals surface area contributed by atoms with Crippen LogP contribution < -0.4 is 9.64 Å². The van der Waals surface area contributed by atoms with Gasteiger partial charge in [-0.2, -0.15) is 0 Å². The van der Waals surface area contributed by atoms with Crippen LogP contribution in [0.2, 0.25) is 0 Å². The summed E-state index contributed by atoms with van der Waals surface area (Å²) in [4.78, 5) is 2.51. The molecule has 1 spiro atoms. The maximum atomic E-state index is 6.75. The molecule has 328 valence electrons. The lowest BCUT2D eigenvalue weighted by Gasteiger charge is -2.40. The third-order valence-corrected chi connectivity index (χ3v) is 15.8. The summed E-state index contributed by atoms with van der Waals surface area (Å²) in [6.45, 7) is 15.8. The molecule has 4 aliphatic rings. The zero-order valence-corrected chi connectivity index (χ0v) is 39.3. The molecule has 12 rings (SSSR count). The first-order chi connectivity index (χ1) is 33.3. The van der Waals surface area contributed by atoms with Gasteiger partial charge < -0.3 is 9.64 Å². The molecular weight excluding hydrogens is 823 g/mol. The van der Waals surface area contributed by atoms with Crippen LogP contribution in [0.5, 0.6) is 11.5 Å². The van der Waals surface area contributed by atoms with E-state index >= 15 is 0 Å². The molecule has 8 aromatic rings. The first-order valence-electron chi connectivity index (χ1n) is 23.9. The van der Waals surface area contributed by atoms with Gasteiger partial charge in [-0.15, -0.1) is 0 Å². The SMILES string of the molecule is C=CC1=C(/C=C\C)c2ccc(N(c3ccc4c(c3)C(C)(/C(C)=C/C=C\C)c3ccccc3-4)c3ccc4c(c3)C(C)(c3ccccc3)c3ccccc3-4)cc2C12c1ccccc1Oc1ccccc12.